The molecule has 1 spiro atoms. The molecule has 234 valence electrons. The lowest BCUT2D eigenvalue weighted by atomic mass is 9.75. The van der Waals surface area contributed by atoms with Crippen molar-refractivity contribution >= 4 is 39.2 Å². The van der Waals surface area contributed by atoms with Gasteiger partial charge in [0, 0.05) is 31.6 Å². The van der Waals surface area contributed by atoms with Gasteiger partial charge < -0.3 is 15.1 Å². The lowest BCUT2D eigenvalue weighted by molar-refractivity contribution is -0.193. The molecule has 5 rings (SSSR count). The highest BCUT2D eigenvalue weighted by Crippen LogP contribution is 2.41. The molecule has 0 saturated carbocycles. The summed E-state index contributed by atoms with van der Waals surface area (Å²) in [6.45, 7) is 5.18. The Bertz CT molecular complexity index is 1320. The van der Waals surface area contributed by atoms with Gasteiger partial charge in [-0.2, -0.15) is 37.7 Å². The number of aliphatic carboxylic acids is 2. The molecule has 0 aliphatic carbocycles. The number of nitrogens with one attached hydrogen (secondary N) is 1. The summed E-state index contributed by atoms with van der Waals surface area (Å²) in [7, 11) is -3.52. The Labute approximate surface area is 240 Å². The number of fused-ring (bicyclic) bond motifs is 2. The molecule has 0 bridgehead atoms. The molecule has 0 unspecified atom stereocenters. The average Bonchev–Trinajstić information content (AvgIpc) is 3.62. The zero-order valence-corrected chi connectivity index (χ0v) is 23.4. The van der Waals surface area contributed by atoms with Crippen LogP contribution in [0.5, 0.6) is 0 Å². The maximum absolute atomic E-state index is 12.6. The van der Waals surface area contributed by atoms with Gasteiger partial charge in [0.2, 0.25) is 16.0 Å². The summed E-state index contributed by atoms with van der Waals surface area (Å²) in [6.07, 6.45) is -4.55. The van der Waals surface area contributed by atoms with Crippen molar-refractivity contribution < 1.29 is 54.6 Å². The van der Waals surface area contributed by atoms with Crippen LogP contribution in [-0.2, 0) is 31.6 Å². The van der Waals surface area contributed by atoms with E-state index in [1.807, 2.05) is 0 Å². The van der Waals surface area contributed by atoms with Crippen molar-refractivity contribution in [2.45, 2.75) is 54.9 Å². The van der Waals surface area contributed by atoms with E-state index in [2.05, 4.69) is 36.3 Å². The van der Waals surface area contributed by atoms with Crippen molar-refractivity contribution in [3.63, 3.8) is 0 Å². The first-order chi connectivity index (χ1) is 19.4. The van der Waals surface area contributed by atoms with Gasteiger partial charge in [-0.15, -0.1) is 0 Å². The van der Waals surface area contributed by atoms with Crippen LogP contribution in [0.1, 0.15) is 36.9 Å². The molecule has 2 saturated heterocycles. The van der Waals surface area contributed by atoms with Crippen LogP contribution >= 0.6 is 11.3 Å². The standard InChI is InChI=1S/C19H25N5O2S2.2C2HF3O2/c25-28(26)16-11-20-18(24-6-1-2-7-24)22-17(16)19(14-21-28)4-8-23(9-5-19)12-15-3-10-27-13-15;2*3-2(4,5)1(6)7/h3,10-11,13,21H,1-2,4-9,12,14H2;2*(H,6,7). The normalized spacial score (nSPS) is 19.6. The lowest BCUT2D eigenvalue weighted by Crippen LogP contribution is -2.53. The Balaban J connectivity index is 0.000000289. The van der Waals surface area contributed by atoms with Crippen molar-refractivity contribution in [2.75, 3.05) is 37.6 Å². The third-order valence-electron chi connectivity index (χ3n) is 6.81. The zero-order chi connectivity index (χ0) is 31.3. The molecule has 0 amide bonds. The van der Waals surface area contributed by atoms with Gasteiger partial charge in [-0.3, -0.25) is 4.90 Å². The Kier molecular flexibility index (Phi) is 10.4. The monoisotopic (exact) mass is 647 g/mol. The van der Waals surface area contributed by atoms with Gasteiger partial charge in [0.25, 0.3) is 0 Å². The fraction of sp³-hybridized carbons (Fsp3) is 0.565. The Morgan fingerprint density at radius 3 is 2.02 bits per heavy atom. The highest BCUT2D eigenvalue weighted by molar-refractivity contribution is 7.89. The molecule has 5 heterocycles. The first kappa shape index (κ1) is 33.5. The highest BCUT2D eigenvalue weighted by Gasteiger charge is 2.46. The van der Waals surface area contributed by atoms with E-state index in [0.29, 0.717) is 12.5 Å². The van der Waals surface area contributed by atoms with Crippen LogP contribution in [0, 0.1) is 0 Å². The molecule has 2 fully saturated rings. The van der Waals surface area contributed by atoms with Gasteiger partial charge >= 0.3 is 24.3 Å². The summed E-state index contributed by atoms with van der Waals surface area (Å²) in [4.78, 5) is 31.9. The van der Waals surface area contributed by atoms with Crippen LogP contribution in [0.15, 0.2) is 27.9 Å². The molecule has 0 atom stereocenters. The van der Waals surface area contributed by atoms with Crippen molar-refractivity contribution in [1.29, 1.82) is 0 Å². The number of hydrogen-bond donors (Lipinski definition) is 3. The first-order valence-corrected chi connectivity index (χ1v) is 14.8. The number of alkyl halides is 6. The van der Waals surface area contributed by atoms with Crippen molar-refractivity contribution in [1.82, 2.24) is 19.6 Å². The molecule has 2 aromatic heterocycles. The number of hydrogen-bond acceptors (Lipinski definition) is 9. The Morgan fingerprint density at radius 2 is 1.55 bits per heavy atom. The molecular formula is C23H27F6N5O6S2. The fourth-order valence-electron chi connectivity index (χ4n) is 4.60. The second kappa shape index (κ2) is 13.1. The summed E-state index contributed by atoms with van der Waals surface area (Å²) in [5, 5.41) is 18.6. The maximum Gasteiger partial charge on any atom is 0.490 e. The predicted octanol–water partition coefficient (Wildman–Crippen LogP) is 3.23. The molecule has 42 heavy (non-hydrogen) atoms. The van der Waals surface area contributed by atoms with Gasteiger partial charge in [0.15, 0.2) is 0 Å². The van der Waals surface area contributed by atoms with E-state index in [1.165, 1.54) is 11.8 Å². The van der Waals surface area contributed by atoms with Gasteiger partial charge in [-0.05, 0) is 61.2 Å². The lowest BCUT2D eigenvalue weighted by Gasteiger charge is -2.44. The third-order valence-corrected chi connectivity index (χ3v) is 8.94. The number of likely N-dealkylation sites (tertiary alicyclic amines) is 1. The number of halogens is 6. The Morgan fingerprint density at radius 1 is 1.00 bits per heavy atom. The van der Waals surface area contributed by atoms with E-state index in [4.69, 9.17) is 24.8 Å². The molecule has 19 heteroatoms. The van der Waals surface area contributed by atoms with Crippen LogP contribution in [0.2, 0.25) is 0 Å². The summed E-state index contributed by atoms with van der Waals surface area (Å²) in [6, 6.07) is 2.18. The quantitative estimate of drug-likeness (QED) is 0.424. The SMILES string of the molecule is O=C(O)C(F)(F)F.O=C(O)C(F)(F)F.O=S1(=O)NCC2(CCN(Cc3ccsc3)CC2)c2nc(N3CCCC3)ncc21. The third kappa shape index (κ3) is 8.51. The van der Waals surface area contributed by atoms with Crippen molar-refractivity contribution in [2.24, 2.45) is 0 Å². The maximum atomic E-state index is 12.6. The summed E-state index contributed by atoms with van der Waals surface area (Å²) < 4.78 is 91.4. The van der Waals surface area contributed by atoms with E-state index in [9.17, 15) is 34.8 Å². The van der Waals surface area contributed by atoms with Crippen LogP contribution in [0.3, 0.4) is 0 Å². The Hall–Kier alpha value is -3.03. The summed E-state index contributed by atoms with van der Waals surface area (Å²) in [5.74, 6) is -4.83. The number of carboxylic acid groups (broad SMARTS) is 2. The number of anilines is 1. The number of piperidine rings is 1. The fourth-order valence-corrected chi connectivity index (χ4v) is 6.59. The molecule has 3 N–H and O–H groups in total. The number of thiophene rings is 1. The van der Waals surface area contributed by atoms with Crippen molar-refractivity contribution in [3.8, 4) is 0 Å². The second-order valence-electron chi connectivity index (χ2n) is 9.70. The molecule has 2 aromatic rings. The minimum absolute atomic E-state index is 0.233. The number of nitrogens with zero attached hydrogens (tertiary/aromatic N) is 4. The molecule has 0 radical (unpaired) electrons. The largest absolute Gasteiger partial charge is 0.490 e. The van der Waals surface area contributed by atoms with Crippen LogP contribution in [0.25, 0.3) is 0 Å². The molecular weight excluding hydrogens is 620 g/mol. The van der Waals surface area contributed by atoms with Crippen LogP contribution < -0.4 is 9.62 Å². The minimum Gasteiger partial charge on any atom is -0.475 e. The molecule has 3 aliphatic heterocycles. The van der Waals surface area contributed by atoms with Gasteiger partial charge in [0.1, 0.15) is 4.90 Å². The molecule has 3 aliphatic rings. The number of carboxylic acids is 2. The first-order valence-electron chi connectivity index (χ1n) is 12.4. The molecule has 0 aromatic carbocycles. The minimum atomic E-state index is -5.08. The number of rotatable bonds is 3. The average molecular weight is 648 g/mol. The number of aromatic nitrogens is 2. The topological polar surface area (TPSA) is 153 Å². The van der Waals surface area contributed by atoms with E-state index >= 15 is 0 Å². The van der Waals surface area contributed by atoms with E-state index < -0.39 is 34.3 Å². The van der Waals surface area contributed by atoms with Crippen molar-refractivity contribution in [3.05, 3.63) is 34.3 Å². The van der Waals surface area contributed by atoms with Crippen LogP contribution in [0.4, 0.5) is 32.3 Å². The summed E-state index contributed by atoms with van der Waals surface area (Å²) in [5.41, 5.74) is 1.85. The van der Waals surface area contributed by atoms with E-state index in [0.717, 1.165) is 64.1 Å². The van der Waals surface area contributed by atoms with E-state index in [-0.39, 0.29) is 10.3 Å². The number of sulfonamides is 1. The zero-order valence-electron chi connectivity index (χ0n) is 21.8. The van der Waals surface area contributed by atoms with Crippen LogP contribution in [-0.4, -0.2) is 90.5 Å². The van der Waals surface area contributed by atoms with Gasteiger partial charge in [0.05, 0.1) is 11.9 Å². The van der Waals surface area contributed by atoms with Gasteiger partial charge in [-0.1, -0.05) is 0 Å². The predicted molar refractivity (Wildman–Crippen MR) is 137 cm³/mol. The second-order valence-corrected chi connectivity index (χ2v) is 12.2. The summed E-state index contributed by atoms with van der Waals surface area (Å²) >= 11 is 1.73. The smallest absolute Gasteiger partial charge is 0.475 e. The number of carbonyl (C=O) groups is 2. The highest BCUT2D eigenvalue weighted by atomic mass is 32.2. The molecule has 11 nitrogen and oxygen atoms in total. The van der Waals surface area contributed by atoms with Gasteiger partial charge in [-0.25, -0.2) is 32.7 Å². The van der Waals surface area contributed by atoms with E-state index in [1.54, 1.807) is 11.3 Å².